The molecule has 63 valence electrons. The molecule has 0 N–H and O–H groups in total. The lowest BCUT2D eigenvalue weighted by molar-refractivity contribution is 0.446. The Kier molecular flexibility index (Phi) is 2.65. The molecule has 0 aliphatic heterocycles. The van der Waals surface area contributed by atoms with Crippen LogP contribution in [0.5, 0.6) is 0 Å². The van der Waals surface area contributed by atoms with Crippen LogP contribution in [-0.4, -0.2) is 9.58 Å². The van der Waals surface area contributed by atoms with Crippen LogP contribution in [-0.2, 0) is 11.3 Å². The summed E-state index contributed by atoms with van der Waals surface area (Å²) in [5, 5.41) is 1.92. The van der Waals surface area contributed by atoms with Crippen molar-refractivity contribution in [1.82, 2.24) is 0 Å². The first-order valence-electron chi connectivity index (χ1n) is 2.85. The molecule has 0 aromatic heterocycles. The molecule has 0 spiro atoms. The van der Waals surface area contributed by atoms with Crippen LogP contribution in [0.25, 0.3) is 0 Å². The fourth-order valence-electron chi connectivity index (χ4n) is 0.650. The van der Waals surface area contributed by atoms with Crippen LogP contribution in [0.4, 0.5) is 13.2 Å². The first-order valence-corrected chi connectivity index (χ1v) is 3.59. The van der Waals surface area contributed by atoms with Gasteiger partial charge in [-0.25, -0.2) is 17.4 Å². The topological polar surface area (TPSA) is 17.1 Å². The largest absolute Gasteiger partial charge is 0.212 e. The second kappa shape index (κ2) is 3.53. The predicted octanol–water partition coefficient (Wildman–Crippen LogP) is 1.34. The van der Waals surface area contributed by atoms with Gasteiger partial charge >= 0.3 is 0 Å². The lowest BCUT2D eigenvalue weighted by atomic mass is 10.2. The number of benzene rings is 1. The standard InChI is InChI=1S/C7H2F3OS/c8-5-2-1-4(3-12-11)6(9)7(5)10/h1-2H. The molecule has 5 heteroatoms. The van der Waals surface area contributed by atoms with E-state index in [1.54, 1.807) is 0 Å². The highest BCUT2D eigenvalue weighted by molar-refractivity contribution is 7.65. The van der Waals surface area contributed by atoms with Gasteiger partial charge in [0.15, 0.2) is 17.5 Å². The summed E-state index contributed by atoms with van der Waals surface area (Å²) in [6.45, 7) is 0. The van der Waals surface area contributed by atoms with Gasteiger partial charge in [-0.2, -0.15) is 0 Å². The molecule has 0 fully saturated rings. The van der Waals surface area contributed by atoms with Crippen LogP contribution in [0.3, 0.4) is 0 Å². The van der Waals surface area contributed by atoms with E-state index < -0.39 is 17.5 Å². The fraction of sp³-hybridized carbons (Fsp3) is 0. The minimum atomic E-state index is -1.59. The molecule has 12 heavy (non-hydrogen) atoms. The quantitative estimate of drug-likeness (QED) is 0.483. The minimum absolute atomic E-state index is 0.146. The Bertz CT molecular complexity index is 358. The zero-order valence-corrected chi connectivity index (χ0v) is 6.42. The second-order valence-corrected chi connectivity index (χ2v) is 2.28. The lowest BCUT2D eigenvalue weighted by Gasteiger charge is -1.96. The molecule has 0 amide bonds. The van der Waals surface area contributed by atoms with Gasteiger partial charge in [0.25, 0.3) is 0 Å². The van der Waals surface area contributed by atoms with Gasteiger partial charge in [-0.15, -0.1) is 0 Å². The molecular weight excluding hydrogens is 189 g/mol. The van der Waals surface area contributed by atoms with Crippen molar-refractivity contribution < 1.29 is 17.4 Å². The van der Waals surface area contributed by atoms with Crippen molar-refractivity contribution in [3.05, 3.63) is 35.1 Å². The van der Waals surface area contributed by atoms with Gasteiger partial charge in [-0.3, -0.25) is 0 Å². The van der Waals surface area contributed by atoms with Crippen molar-refractivity contribution in [2.24, 2.45) is 0 Å². The SMILES string of the molecule is O=S=[C]c1ccc(F)c(F)c1F. The molecule has 0 saturated heterocycles. The summed E-state index contributed by atoms with van der Waals surface area (Å²) >= 11 is -0.146. The molecule has 0 aliphatic rings. The Morgan fingerprint density at radius 2 is 1.83 bits per heavy atom. The molecule has 1 rings (SSSR count). The average Bonchev–Trinajstić information content (AvgIpc) is 2.07. The van der Waals surface area contributed by atoms with Gasteiger partial charge in [0.1, 0.15) is 0 Å². The van der Waals surface area contributed by atoms with E-state index in [2.05, 4.69) is 0 Å². The normalized spacial score (nSPS) is 9.58. The van der Waals surface area contributed by atoms with Crippen LogP contribution in [0, 0.1) is 17.5 Å². The van der Waals surface area contributed by atoms with Gasteiger partial charge in [0, 0.05) is 5.56 Å². The summed E-state index contributed by atoms with van der Waals surface area (Å²) in [7, 11) is 0. The van der Waals surface area contributed by atoms with E-state index in [0.29, 0.717) is 0 Å². The van der Waals surface area contributed by atoms with E-state index in [-0.39, 0.29) is 16.8 Å². The van der Waals surface area contributed by atoms with Crippen LogP contribution in [0.2, 0.25) is 0 Å². The Morgan fingerprint density at radius 3 is 2.42 bits per heavy atom. The smallest absolute Gasteiger partial charge is 0.195 e. The van der Waals surface area contributed by atoms with E-state index in [1.165, 1.54) is 0 Å². The van der Waals surface area contributed by atoms with Gasteiger partial charge in [-0.05, 0) is 12.1 Å². The van der Waals surface area contributed by atoms with Gasteiger partial charge < -0.3 is 0 Å². The van der Waals surface area contributed by atoms with Crippen molar-refractivity contribution in [3.63, 3.8) is 0 Å². The van der Waals surface area contributed by atoms with E-state index in [1.807, 2.05) is 5.37 Å². The van der Waals surface area contributed by atoms with Crippen molar-refractivity contribution in [1.29, 1.82) is 0 Å². The number of halogens is 3. The maximum Gasteiger partial charge on any atom is 0.195 e. The first-order chi connectivity index (χ1) is 5.66. The Morgan fingerprint density at radius 1 is 1.17 bits per heavy atom. The number of hydrogen-bond donors (Lipinski definition) is 0. The van der Waals surface area contributed by atoms with Gasteiger partial charge in [-0.1, -0.05) is 0 Å². The summed E-state index contributed by atoms with van der Waals surface area (Å²) in [6.07, 6.45) is 0. The Labute approximate surface area is 69.9 Å². The van der Waals surface area contributed by atoms with Gasteiger partial charge in [0.2, 0.25) is 0 Å². The molecule has 0 bridgehead atoms. The first kappa shape index (κ1) is 8.99. The van der Waals surface area contributed by atoms with E-state index in [0.717, 1.165) is 12.1 Å². The zero-order chi connectivity index (χ0) is 9.14. The monoisotopic (exact) mass is 191 g/mol. The third kappa shape index (κ3) is 1.55. The van der Waals surface area contributed by atoms with E-state index >= 15 is 0 Å². The summed E-state index contributed by atoms with van der Waals surface area (Å²) < 4.78 is 47.2. The third-order valence-corrected chi connectivity index (χ3v) is 1.49. The number of hydrogen-bond acceptors (Lipinski definition) is 1. The van der Waals surface area contributed by atoms with Crippen LogP contribution in [0.15, 0.2) is 12.1 Å². The molecule has 0 aliphatic carbocycles. The summed E-state index contributed by atoms with van der Waals surface area (Å²) in [6, 6.07) is 1.68. The zero-order valence-electron chi connectivity index (χ0n) is 5.61. The fourth-order valence-corrected chi connectivity index (χ4v) is 0.897. The summed E-state index contributed by atoms with van der Waals surface area (Å²) in [4.78, 5) is 0. The van der Waals surface area contributed by atoms with Crippen LogP contribution in [0.1, 0.15) is 5.56 Å². The molecule has 1 radical (unpaired) electrons. The Hall–Kier alpha value is -1.10. The second-order valence-electron chi connectivity index (χ2n) is 1.91. The van der Waals surface area contributed by atoms with Gasteiger partial charge in [0.05, 0.1) is 16.6 Å². The Balaban J connectivity index is 3.35. The molecule has 0 heterocycles. The summed E-state index contributed by atoms with van der Waals surface area (Å²) in [5.41, 5.74) is -0.367. The predicted molar refractivity (Wildman–Crippen MR) is 38.6 cm³/mol. The minimum Gasteiger partial charge on any atom is -0.212 e. The van der Waals surface area contributed by atoms with Crippen molar-refractivity contribution in [3.8, 4) is 0 Å². The van der Waals surface area contributed by atoms with Crippen LogP contribution >= 0.6 is 0 Å². The van der Waals surface area contributed by atoms with Crippen LogP contribution < -0.4 is 0 Å². The third-order valence-electron chi connectivity index (χ3n) is 1.19. The molecule has 1 aromatic rings. The average molecular weight is 191 g/mol. The lowest BCUT2D eigenvalue weighted by Crippen LogP contribution is -1.95. The molecule has 0 unspecified atom stereocenters. The molecule has 0 saturated carbocycles. The maximum atomic E-state index is 12.6. The number of rotatable bonds is 1. The summed E-state index contributed by atoms with van der Waals surface area (Å²) in [5.74, 6) is -4.26. The molecule has 0 atom stereocenters. The van der Waals surface area contributed by atoms with E-state index in [4.69, 9.17) is 0 Å². The highest BCUT2D eigenvalue weighted by Crippen LogP contribution is 2.12. The maximum absolute atomic E-state index is 12.6. The molecule has 1 aromatic carbocycles. The van der Waals surface area contributed by atoms with Crippen molar-refractivity contribution >= 4 is 16.6 Å². The highest BCUT2D eigenvalue weighted by atomic mass is 32.1. The molecule has 1 nitrogen and oxygen atoms in total. The van der Waals surface area contributed by atoms with Crippen molar-refractivity contribution in [2.45, 2.75) is 0 Å². The van der Waals surface area contributed by atoms with Crippen molar-refractivity contribution in [2.75, 3.05) is 0 Å². The van der Waals surface area contributed by atoms with E-state index in [9.17, 15) is 17.4 Å². The molecular formula is C7H2F3OS. The highest BCUT2D eigenvalue weighted by Gasteiger charge is 2.11.